The van der Waals surface area contributed by atoms with Crippen LogP contribution in [0.2, 0.25) is 0 Å². The van der Waals surface area contributed by atoms with Crippen molar-refractivity contribution in [2.75, 3.05) is 39.6 Å². The fourth-order valence-corrected chi connectivity index (χ4v) is 5.04. The van der Waals surface area contributed by atoms with Crippen molar-refractivity contribution in [3.05, 3.63) is 70.0 Å². The van der Waals surface area contributed by atoms with E-state index >= 15 is 0 Å². The fourth-order valence-electron chi connectivity index (χ4n) is 5.04. The molecule has 0 aliphatic carbocycles. The van der Waals surface area contributed by atoms with Gasteiger partial charge in [-0.05, 0) is 73.7 Å². The van der Waals surface area contributed by atoms with Crippen molar-refractivity contribution in [3.8, 4) is 0 Å². The molecule has 236 valence electrons. The van der Waals surface area contributed by atoms with Gasteiger partial charge in [-0.1, -0.05) is 6.07 Å². The normalized spacial score (nSPS) is 30.6. The summed E-state index contributed by atoms with van der Waals surface area (Å²) in [5.74, 6) is -5.69. The first-order valence-electron chi connectivity index (χ1n) is 17.9. The first kappa shape index (κ1) is 22.3. The van der Waals surface area contributed by atoms with Crippen LogP contribution in [-0.2, 0) is 16.9 Å². The van der Waals surface area contributed by atoms with Crippen LogP contribution >= 0.6 is 0 Å². The zero-order valence-electron chi connectivity index (χ0n) is 33.1. The molecule has 3 atom stereocenters. The number of benzene rings is 2. The van der Waals surface area contributed by atoms with Gasteiger partial charge in [-0.15, -0.1) is 0 Å². The molecule has 3 amide bonds. The van der Waals surface area contributed by atoms with Crippen LogP contribution in [0.5, 0.6) is 0 Å². The van der Waals surface area contributed by atoms with E-state index in [-0.39, 0.29) is 26.5 Å². The molecule has 0 aromatic heterocycles. The lowest BCUT2D eigenvalue weighted by Gasteiger charge is -2.47. The van der Waals surface area contributed by atoms with Crippen LogP contribution in [0.1, 0.15) is 85.9 Å². The number of hydrogen-bond acceptors (Lipinski definition) is 3. The summed E-state index contributed by atoms with van der Waals surface area (Å²) in [6.45, 7) is -10.8. The van der Waals surface area contributed by atoms with Crippen LogP contribution < -0.4 is 0 Å². The maximum absolute atomic E-state index is 14.3. The minimum Gasteiger partial charge on any atom is -0.340 e. The Morgan fingerprint density at radius 1 is 1.05 bits per heavy atom. The zero-order valence-corrected chi connectivity index (χ0v) is 24.1. The number of carbonyl (C=O) groups excluding carboxylic acids is 2. The van der Waals surface area contributed by atoms with Crippen molar-refractivity contribution < 1.29 is 48.3 Å². The van der Waals surface area contributed by atoms with Crippen LogP contribution in [0.15, 0.2) is 36.4 Å². The molecule has 2 aromatic carbocycles. The predicted molar refractivity (Wildman–Crippen MR) is 150 cm³/mol. The SMILES string of the molecule is [2H]C1([2H])N(C(C)=O)C([2H])([2H])C([2H])([2H])N([C@@]2([2H])CCN(C(=O)N(C)[C@H](C)c3cc(C(C)(F)F)cc(C(F)(F)F)c3)[C@@H](c3ccc(F)cc3C)C2)C1([2H])[2H]. The number of amides is 3. The highest BCUT2D eigenvalue weighted by Gasteiger charge is 2.40. The molecule has 2 heterocycles. The van der Waals surface area contributed by atoms with E-state index < -0.39 is 104 Å². The largest absolute Gasteiger partial charge is 0.416 e. The molecule has 0 bridgehead atoms. The molecule has 6 nitrogen and oxygen atoms in total. The molecule has 0 saturated carbocycles. The molecule has 2 aromatic rings. The van der Waals surface area contributed by atoms with Crippen LogP contribution in [0.4, 0.5) is 31.1 Å². The van der Waals surface area contributed by atoms with Gasteiger partial charge in [0.05, 0.1) is 23.1 Å². The van der Waals surface area contributed by atoms with E-state index in [1.165, 1.54) is 27.0 Å². The second-order valence-electron chi connectivity index (χ2n) is 10.7. The van der Waals surface area contributed by atoms with Crippen molar-refractivity contribution in [2.24, 2.45) is 0 Å². The number of nitrogens with zero attached hydrogens (tertiary/aromatic N) is 4. The predicted octanol–water partition coefficient (Wildman–Crippen LogP) is 6.75. The lowest BCUT2D eigenvalue weighted by molar-refractivity contribution is -0.138. The summed E-state index contributed by atoms with van der Waals surface area (Å²) < 4.78 is 163. The minimum absolute atomic E-state index is 0.0849. The first-order valence-corrected chi connectivity index (χ1v) is 13.4. The van der Waals surface area contributed by atoms with Crippen molar-refractivity contribution in [1.29, 1.82) is 0 Å². The van der Waals surface area contributed by atoms with Gasteiger partial charge < -0.3 is 14.7 Å². The number of hydrogen-bond donors (Lipinski definition) is 0. The van der Waals surface area contributed by atoms with Gasteiger partial charge in [0.15, 0.2) is 0 Å². The maximum atomic E-state index is 14.3. The average molecular weight is 622 g/mol. The smallest absolute Gasteiger partial charge is 0.340 e. The van der Waals surface area contributed by atoms with Crippen molar-refractivity contribution in [2.45, 2.75) is 70.7 Å². The van der Waals surface area contributed by atoms with Crippen molar-refractivity contribution in [3.63, 3.8) is 0 Å². The van der Waals surface area contributed by atoms with E-state index in [1.54, 1.807) is 0 Å². The highest BCUT2D eigenvalue weighted by molar-refractivity contribution is 5.76. The lowest BCUT2D eigenvalue weighted by Crippen LogP contribution is -2.56. The standard InChI is InChI=1S/C31H38F6N4O2/c1-19-14-25(32)6-7-27(19)28-18-26(40-12-10-39(11-13-40)21(3)42)8-9-41(28)29(43)38(5)20(2)22-15-23(30(4,33)34)17-24(16-22)31(35,36)37/h6-7,14-17,20,26,28H,8-13,18H2,1-5H3/t20-,26+,28-/m1/s1/i10D2,11D2,12D2,13D2,26D. The number of rotatable bonds is 5. The number of halogens is 6. The number of piperazine rings is 1. The minimum atomic E-state index is -5.01. The zero-order chi connectivity index (χ0) is 39.9. The summed E-state index contributed by atoms with van der Waals surface area (Å²) in [5.41, 5.74) is -2.23. The second kappa shape index (κ2) is 12.4. The molecular formula is C31H38F6N4O2. The Bertz CT molecular complexity index is 1680. The number of piperidine rings is 1. The number of urea groups is 1. The highest BCUT2D eigenvalue weighted by Crippen LogP contribution is 2.39. The fraction of sp³-hybridized carbons (Fsp3) is 0.548. The second-order valence-corrected chi connectivity index (χ2v) is 10.7. The topological polar surface area (TPSA) is 47.1 Å². The molecule has 2 saturated heterocycles. The third-order valence-corrected chi connectivity index (χ3v) is 7.62. The van der Waals surface area contributed by atoms with Crippen molar-refractivity contribution in [1.82, 2.24) is 19.6 Å². The molecule has 2 aliphatic rings. The molecule has 2 aliphatic heterocycles. The monoisotopic (exact) mass is 621 g/mol. The van der Waals surface area contributed by atoms with Gasteiger partial charge >= 0.3 is 12.2 Å². The molecule has 0 radical (unpaired) electrons. The van der Waals surface area contributed by atoms with Gasteiger partial charge in [-0.25, -0.2) is 18.0 Å². The van der Waals surface area contributed by atoms with Gasteiger partial charge in [0, 0.05) is 71.9 Å². The number of carbonyl (C=O) groups is 2. The summed E-state index contributed by atoms with van der Waals surface area (Å²) in [4.78, 5) is 28.6. The molecule has 0 unspecified atom stereocenters. The lowest BCUT2D eigenvalue weighted by atomic mass is 9.88. The van der Waals surface area contributed by atoms with Gasteiger partial charge in [0.2, 0.25) is 5.91 Å². The summed E-state index contributed by atoms with van der Waals surface area (Å²) >= 11 is 0. The van der Waals surface area contributed by atoms with E-state index in [0.717, 1.165) is 34.9 Å². The van der Waals surface area contributed by atoms with E-state index in [0.29, 0.717) is 19.1 Å². The first-order chi connectivity index (χ1) is 23.3. The maximum Gasteiger partial charge on any atom is 0.416 e. The average Bonchev–Trinajstić information content (AvgIpc) is 2.97. The third-order valence-electron chi connectivity index (χ3n) is 7.62. The van der Waals surface area contributed by atoms with Crippen LogP contribution in [-0.4, -0.2) is 77.1 Å². The van der Waals surface area contributed by atoms with Gasteiger partial charge in [-0.3, -0.25) is 9.69 Å². The Labute approximate surface area is 260 Å². The van der Waals surface area contributed by atoms with E-state index in [1.807, 2.05) is 0 Å². The van der Waals surface area contributed by atoms with Gasteiger partial charge in [0.1, 0.15) is 5.82 Å². The van der Waals surface area contributed by atoms with Crippen LogP contribution in [0.25, 0.3) is 0 Å². The van der Waals surface area contributed by atoms with Crippen LogP contribution in [0, 0.1) is 12.7 Å². The number of likely N-dealkylation sites (tertiary alicyclic amines) is 1. The number of alkyl halides is 5. The molecule has 12 heteroatoms. The van der Waals surface area contributed by atoms with E-state index in [9.17, 15) is 37.3 Å². The third kappa shape index (κ3) is 7.27. The highest BCUT2D eigenvalue weighted by atomic mass is 19.4. The quantitative estimate of drug-likeness (QED) is 0.347. The van der Waals surface area contributed by atoms with Crippen LogP contribution in [0.3, 0.4) is 0 Å². The summed E-state index contributed by atoms with van der Waals surface area (Å²) in [7, 11) is 1.19. The Balaban J connectivity index is 1.83. The van der Waals surface area contributed by atoms with Gasteiger partial charge in [0.25, 0.3) is 5.92 Å². The molecule has 43 heavy (non-hydrogen) atoms. The molecule has 2 fully saturated rings. The van der Waals surface area contributed by atoms with E-state index in [2.05, 4.69) is 0 Å². The Morgan fingerprint density at radius 2 is 1.67 bits per heavy atom. The van der Waals surface area contributed by atoms with Gasteiger partial charge in [-0.2, -0.15) is 13.2 Å². The Morgan fingerprint density at radius 3 is 2.23 bits per heavy atom. The van der Waals surface area contributed by atoms with Crippen molar-refractivity contribution >= 4 is 11.9 Å². The molecule has 0 spiro atoms. The molecule has 4 rings (SSSR count). The summed E-state index contributed by atoms with van der Waals surface area (Å²) in [6.07, 6.45) is -6.38. The molecular weight excluding hydrogens is 574 g/mol. The Hall–Kier alpha value is -3.28. The summed E-state index contributed by atoms with van der Waals surface area (Å²) in [6, 6.07) is -0.947. The molecule has 0 N–H and O–H groups in total. The Kier molecular flexibility index (Phi) is 6.41. The van der Waals surface area contributed by atoms with E-state index in [4.69, 9.17) is 11.0 Å². The number of aryl methyl sites for hydroxylation is 1. The summed E-state index contributed by atoms with van der Waals surface area (Å²) in [5, 5.41) is 0.